The first-order valence-electron chi connectivity index (χ1n) is 5.19. The molecule has 0 aliphatic rings. The van der Waals surface area contributed by atoms with Crippen molar-refractivity contribution in [1.82, 2.24) is 0 Å². The van der Waals surface area contributed by atoms with Gasteiger partial charge in [0.15, 0.2) is 0 Å². The number of ketones is 1. The fraction of sp³-hybridized carbons (Fsp3) is 0.333. The molecule has 1 rings (SSSR count). The largest absolute Gasteiger partial charge is 0.460 e. The van der Waals surface area contributed by atoms with Crippen LogP contribution in [0.4, 0.5) is 4.39 Å². The maximum absolute atomic E-state index is 14.0. The third-order valence-corrected chi connectivity index (χ3v) is 2.58. The molecule has 0 bridgehead atoms. The SMILES string of the molecule is CCOC(=O)C(=O)c1cc(Br)cc(COC)c1F. The second-order valence-corrected chi connectivity index (χ2v) is 4.32. The van der Waals surface area contributed by atoms with Crippen LogP contribution in [-0.2, 0) is 20.9 Å². The Balaban J connectivity index is 3.15. The number of hydrogen-bond acceptors (Lipinski definition) is 4. The van der Waals surface area contributed by atoms with Crippen molar-refractivity contribution in [3.05, 3.63) is 33.5 Å². The average Bonchev–Trinajstić information content (AvgIpc) is 2.33. The van der Waals surface area contributed by atoms with E-state index in [1.807, 2.05) is 0 Å². The Labute approximate surface area is 112 Å². The number of ether oxygens (including phenoxy) is 2. The quantitative estimate of drug-likeness (QED) is 0.475. The van der Waals surface area contributed by atoms with Crippen LogP contribution in [0.5, 0.6) is 0 Å². The van der Waals surface area contributed by atoms with Gasteiger partial charge in [-0.2, -0.15) is 0 Å². The van der Waals surface area contributed by atoms with Gasteiger partial charge in [0.2, 0.25) is 0 Å². The van der Waals surface area contributed by atoms with Gasteiger partial charge in [-0.05, 0) is 19.1 Å². The van der Waals surface area contributed by atoms with Gasteiger partial charge in [0.05, 0.1) is 18.8 Å². The lowest BCUT2D eigenvalue weighted by molar-refractivity contribution is -0.137. The van der Waals surface area contributed by atoms with Crippen LogP contribution >= 0.6 is 15.9 Å². The summed E-state index contributed by atoms with van der Waals surface area (Å²) in [6, 6.07) is 2.73. The average molecular weight is 319 g/mol. The third-order valence-electron chi connectivity index (χ3n) is 2.12. The zero-order valence-corrected chi connectivity index (χ0v) is 11.5. The Bertz CT molecular complexity index is 473. The van der Waals surface area contributed by atoms with E-state index >= 15 is 0 Å². The first-order valence-corrected chi connectivity index (χ1v) is 5.98. The molecule has 0 radical (unpaired) electrons. The molecule has 0 aliphatic carbocycles. The van der Waals surface area contributed by atoms with E-state index in [1.54, 1.807) is 6.92 Å². The normalized spacial score (nSPS) is 10.2. The van der Waals surface area contributed by atoms with Crippen LogP contribution in [0.1, 0.15) is 22.8 Å². The smallest absolute Gasteiger partial charge is 0.379 e. The molecule has 0 saturated heterocycles. The van der Waals surface area contributed by atoms with Gasteiger partial charge in [-0.15, -0.1) is 0 Å². The van der Waals surface area contributed by atoms with E-state index in [9.17, 15) is 14.0 Å². The highest BCUT2D eigenvalue weighted by Gasteiger charge is 2.23. The van der Waals surface area contributed by atoms with Crippen LogP contribution in [0.2, 0.25) is 0 Å². The first kappa shape index (κ1) is 14.8. The number of hydrogen-bond donors (Lipinski definition) is 0. The Morgan fingerprint density at radius 1 is 1.39 bits per heavy atom. The van der Waals surface area contributed by atoms with Crippen molar-refractivity contribution in [1.29, 1.82) is 0 Å². The molecular weight excluding hydrogens is 307 g/mol. The van der Waals surface area contributed by atoms with E-state index in [0.29, 0.717) is 4.47 Å². The number of halogens is 2. The third kappa shape index (κ3) is 3.36. The van der Waals surface area contributed by atoms with Crippen LogP contribution in [0.15, 0.2) is 16.6 Å². The van der Waals surface area contributed by atoms with Gasteiger partial charge >= 0.3 is 5.97 Å². The monoisotopic (exact) mass is 318 g/mol. The summed E-state index contributed by atoms with van der Waals surface area (Å²) in [6.07, 6.45) is 0. The minimum Gasteiger partial charge on any atom is -0.460 e. The minimum atomic E-state index is -1.07. The van der Waals surface area contributed by atoms with E-state index in [4.69, 9.17) is 4.74 Å². The topological polar surface area (TPSA) is 52.6 Å². The van der Waals surface area contributed by atoms with Crippen LogP contribution < -0.4 is 0 Å². The number of benzene rings is 1. The van der Waals surface area contributed by atoms with Crippen molar-refractivity contribution >= 4 is 27.7 Å². The van der Waals surface area contributed by atoms with Gasteiger partial charge in [-0.1, -0.05) is 15.9 Å². The Hall–Kier alpha value is -1.27. The summed E-state index contributed by atoms with van der Waals surface area (Å²) in [5, 5.41) is 0. The number of methoxy groups -OCH3 is 1. The van der Waals surface area contributed by atoms with Gasteiger partial charge in [-0.25, -0.2) is 9.18 Å². The summed E-state index contributed by atoms with van der Waals surface area (Å²) >= 11 is 3.15. The van der Waals surface area contributed by atoms with E-state index in [2.05, 4.69) is 20.7 Å². The summed E-state index contributed by atoms with van der Waals surface area (Å²) in [6.45, 7) is 1.64. The maximum Gasteiger partial charge on any atom is 0.379 e. The van der Waals surface area contributed by atoms with Crippen molar-refractivity contribution in [3.63, 3.8) is 0 Å². The van der Waals surface area contributed by atoms with Crippen molar-refractivity contribution in [3.8, 4) is 0 Å². The standard InChI is InChI=1S/C12H12BrFO4/c1-3-18-12(16)11(15)9-5-8(13)4-7(6-17-2)10(9)14/h4-5H,3,6H2,1-2H3. The molecule has 0 spiro atoms. The molecule has 0 aliphatic heterocycles. The van der Waals surface area contributed by atoms with Crippen molar-refractivity contribution < 1.29 is 23.5 Å². The van der Waals surface area contributed by atoms with E-state index in [0.717, 1.165) is 0 Å². The summed E-state index contributed by atoms with van der Waals surface area (Å²) in [5.74, 6) is -2.84. The lowest BCUT2D eigenvalue weighted by Gasteiger charge is -2.08. The van der Waals surface area contributed by atoms with Crippen molar-refractivity contribution in [2.24, 2.45) is 0 Å². The molecule has 0 fully saturated rings. The molecule has 4 nitrogen and oxygen atoms in total. The van der Waals surface area contributed by atoms with E-state index < -0.39 is 17.6 Å². The fourth-order valence-corrected chi connectivity index (χ4v) is 1.88. The summed E-state index contributed by atoms with van der Waals surface area (Å²) in [4.78, 5) is 23.0. The molecule has 1 aromatic rings. The van der Waals surface area contributed by atoms with Gasteiger partial charge in [0.25, 0.3) is 5.78 Å². The van der Waals surface area contributed by atoms with Crippen LogP contribution in [0.25, 0.3) is 0 Å². The van der Waals surface area contributed by atoms with Crippen LogP contribution in [-0.4, -0.2) is 25.5 Å². The van der Waals surface area contributed by atoms with E-state index in [-0.39, 0.29) is 24.3 Å². The summed E-state index contributed by atoms with van der Waals surface area (Å²) in [7, 11) is 1.41. The van der Waals surface area contributed by atoms with Gasteiger partial charge in [-0.3, -0.25) is 4.79 Å². The first-order chi connectivity index (χ1) is 8.51. The van der Waals surface area contributed by atoms with Crippen LogP contribution in [0, 0.1) is 5.82 Å². The number of esters is 1. The predicted octanol–water partition coefficient (Wildman–Crippen LogP) is 2.48. The molecule has 18 heavy (non-hydrogen) atoms. The maximum atomic E-state index is 14.0. The van der Waals surface area contributed by atoms with Gasteiger partial charge in [0, 0.05) is 17.1 Å². The molecule has 0 unspecified atom stereocenters. The highest BCUT2D eigenvalue weighted by Crippen LogP contribution is 2.22. The second-order valence-electron chi connectivity index (χ2n) is 3.41. The zero-order chi connectivity index (χ0) is 13.7. The Morgan fingerprint density at radius 2 is 2.06 bits per heavy atom. The fourth-order valence-electron chi connectivity index (χ4n) is 1.38. The second kappa shape index (κ2) is 6.61. The predicted molar refractivity (Wildman–Crippen MR) is 65.8 cm³/mol. The molecule has 1 aromatic carbocycles. The molecule has 0 N–H and O–H groups in total. The molecule has 6 heteroatoms. The summed E-state index contributed by atoms with van der Waals surface area (Å²) in [5.41, 5.74) is -0.130. The number of carbonyl (C=O) groups is 2. The Morgan fingerprint density at radius 3 is 2.61 bits per heavy atom. The Kier molecular flexibility index (Phi) is 5.43. The molecule has 0 heterocycles. The highest BCUT2D eigenvalue weighted by atomic mass is 79.9. The number of rotatable bonds is 5. The molecule has 0 atom stereocenters. The lowest BCUT2D eigenvalue weighted by Crippen LogP contribution is -2.19. The highest BCUT2D eigenvalue weighted by molar-refractivity contribution is 9.10. The lowest BCUT2D eigenvalue weighted by atomic mass is 10.1. The molecule has 0 amide bonds. The molecule has 98 valence electrons. The van der Waals surface area contributed by atoms with Gasteiger partial charge < -0.3 is 9.47 Å². The van der Waals surface area contributed by atoms with Crippen LogP contribution in [0.3, 0.4) is 0 Å². The zero-order valence-electron chi connectivity index (χ0n) is 9.96. The summed E-state index contributed by atoms with van der Waals surface area (Å²) < 4.78 is 23.8. The van der Waals surface area contributed by atoms with Gasteiger partial charge in [0.1, 0.15) is 5.82 Å². The van der Waals surface area contributed by atoms with Crippen molar-refractivity contribution in [2.75, 3.05) is 13.7 Å². The van der Waals surface area contributed by atoms with E-state index in [1.165, 1.54) is 19.2 Å². The number of carbonyl (C=O) groups excluding carboxylic acids is 2. The van der Waals surface area contributed by atoms with Crippen molar-refractivity contribution in [2.45, 2.75) is 13.5 Å². The molecule has 0 saturated carbocycles. The minimum absolute atomic E-state index is 0.00831. The molecular formula is C12H12BrFO4. The number of Topliss-reactive ketones (excluding diaryl/α,β-unsaturated/α-hetero) is 1. The molecule has 0 aromatic heterocycles.